The number of likely N-dealkylation sites (N-methyl/N-ethyl adjacent to an activating group) is 1. The summed E-state index contributed by atoms with van der Waals surface area (Å²) in [6, 6.07) is 10.2. The lowest BCUT2D eigenvalue weighted by molar-refractivity contribution is -0.129. The van der Waals surface area contributed by atoms with E-state index in [9.17, 15) is 4.79 Å². The molecular formula is C23H33NO. The van der Waals surface area contributed by atoms with Gasteiger partial charge >= 0.3 is 0 Å². The maximum absolute atomic E-state index is 12.8. The van der Waals surface area contributed by atoms with Crippen LogP contribution in [0.25, 0.3) is 0 Å². The molecule has 0 amide bonds. The highest BCUT2D eigenvalue weighted by Crippen LogP contribution is 2.24. The Morgan fingerprint density at radius 3 is 2.16 bits per heavy atom. The number of hydrogen-bond donors (Lipinski definition) is 0. The van der Waals surface area contributed by atoms with Crippen LogP contribution in [0.2, 0.25) is 0 Å². The Balaban J connectivity index is 2.85. The van der Waals surface area contributed by atoms with Gasteiger partial charge in [0.15, 0.2) is 5.78 Å². The molecule has 2 nitrogen and oxygen atoms in total. The van der Waals surface area contributed by atoms with Crippen LogP contribution in [-0.4, -0.2) is 29.8 Å². The molecule has 0 saturated carbocycles. The summed E-state index contributed by atoms with van der Waals surface area (Å²) in [7, 11) is 2.05. The molecule has 1 rings (SSSR count). The highest BCUT2D eigenvalue weighted by atomic mass is 16.1. The third kappa shape index (κ3) is 6.52. The Morgan fingerprint density at radius 2 is 1.64 bits per heavy atom. The lowest BCUT2D eigenvalue weighted by atomic mass is 9.82. The topological polar surface area (TPSA) is 20.3 Å². The van der Waals surface area contributed by atoms with E-state index in [0.29, 0.717) is 11.8 Å². The second-order valence-corrected chi connectivity index (χ2v) is 7.47. The molecule has 0 bridgehead atoms. The van der Waals surface area contributed by atoms with E-state index in [-0.39, 0.29) is 23.8 Å². The molecule has 1 aromatic carbocycles. The van der Waals surface area contributed by atoms with Crippen LogP contribution >= 0.6 is 0 Å². The van der Waals surface area contributed by atoms with E-state index in [4.69, 9.17) is 0 Å². The number of carbonyl (C=O) groups is 1. The number of hydrogen-bond acceptors (Lipinski definition) is 2. The van der Waals surface area contributed by atoms with Gasteiger partial charge in [-0.2, -0.15) is 0 Å². The molecule has 0 unspecified atom stereocenters. The molecule has 1 aromatic rings. The van der Waals surface area contributed by atoms with Crippen molar-refractivity contribution in [3.8, 4) is 11.8 Å². The van der Waals surface area contributed by atoms with Crippen LogP contribution < -0.4 is 0 Å². The molecule has 3 atom stereocenters. The average molecular weight is 340 g/mol. The van der Waals surface area contributed by atoms with Gasteiger partial charge in [-0.05, 0) is 50.9 Å². The molecule has 0 aliphatic heterocycles. The predicted octanol–water partition coefficient (Wildman–Crippen LogP) is 4.80. The zero-order chi connectivity index (χ0) is 19.0. The van der Waals surface area contributed by atoms with Crippen molar-refractivity contribution in [1.82, 2.24) is 4.90 Å². The fourth-order valence-electron chi connectivity index (χ4n) is 2.80. The van der Waals surface area contributed by atoms with Gasteiger partial charge in [0.25, 0.3) is 0 Å². The van der Waals surface area contributed by atoms with Gasteiger partial charge in [0.05, 0.1) is 6.04 Å². The minimum absolute atomic E-state index is 0.0442. The van der Waals surface area contributed by atoms with Crippen LogP contribution in [0.5, 0.6) is 0 Å². The maximum Gasteiger partial charge on any atom is 0.152 e. The van der Waals surface area contributed by atoms with Crippen molar-refractivity contribution in [3.63, 3.8) is 0 Å². The van der Waals surface area contributed by atoms with Gasteiger partial charge < -0.3 is 0 Å². The number of ketones is 1. The molecule has 136 valence electrons. The molecule has 0 spiro atoms. The van der Waals surface area contributed by atoms with Crippen LogP contribution in [0.15, 0.2) is 42.5 Å². The van der Waals surface area contributed by atoms with Crippen molar-refractivity contribution in [2.75, 3.05) is 7.05 Å². The molecule has 0 N–H and O–H groups in total. The lowest BCUT2D eigenvalue weighted by Crippen LogP contribution is -2.49. The summed E-state index contributed by atoms with van der Waals surface area (Å²) in [6.45, 7) is 12.6. The van der Waals surface area contributed by atoms with Gasteiger partial charge in [-0.3, -0.25) is 9.69 Å². The van der Waals surface area contributed by atoms with Crippen molar-refractivity contribution in [3.05, 3.63) is 48.0 Å². The van der Waals surface area contributed by atoms with Crippen molar-refractivity contribution in [1.29, 1.82) is 0 Å². The smallest absolute Gasteiger partial charge is 0.152 e. The molecule has 2 heteroatoms. The van der Waals surface area contributed by atoms with E-state index in [1.54, 1.807) is 0 Å². The Labute approximate surface area is 154 Å². The number of carbonyl (C=O) groups excluding carboxylic acids is 1. The summed E-state index contributed by atoms with van der Waals surface area (Å²) in [5, 5.41) is 0. The number of rotatable bonds is 7. The first-order valence-electron chi connectivity index (χ1n) is 9.24. The molecule has 0 saturated heterocycles. The monoisotopic (exact) mass is 339 g/mol. The molecule has 0 radical (unpaired) electrons. The predicted molar refractivity (Wildman–Crippen MR) is 107 cm³/mol. The number of Topliss-reactive ketones (excluding diaryl/α,β-unsaturated/α-hetero) is 1. The molecule has 25 heavy (non-hydrogen) atoms. The fraction of sp³-hybridized carbons (Fsp3) is 0.522. The summed E-state index contributed by atoms with van der Waals surface area (Å²) in [6.07, 6.45) is 4.04. The van der Waals surface area contributed by atoms with Crippen LogP contribution in [0.4, 0.5) is 0 Å². The summed E-state index contributed by atoms with van der Waals surface area (Å²) in [5.74, 6) is 7.11. The van der Waals surface area contributed by atoms with Crippen molar-refractivity contribution >= 4 is 5.78 Å². The van der Waals surface area contributed by atoms with Crippen molar-refractivity contribution in [2.45, 2.75) is 53.6 Å². The van der Waals surface area contributed by atoms with Crippen LogP contribution in [0.3, 0.4) is 0 Å². The number of nitrogens with zero attached hydrogens (tertiary/aromatic N) is 1. The second-order valence-electron chi connectivity index (χ2n) is 7.47. The Kier molecular flexibility index (Phi) is 8.66. The maximum atomic E-state index is 12.8. The second kappa shape index (κ2) is 10.2. The van der Waals surface area contributed by atoms with Gasteiger partial charge in [0.1, 0.15) is 0 Å². The van der Waals surface area contributed by atoms with E-state index in [1.165, 1.54) is 0 Å². The van der Waals surface area contributed by atoms with Gasteiger partial charge in [-0.15, -0.1) is 0 Å². The molecular weight excluding hydrogens is 306 g/mol. The van der Waals surface area contributed by atoms with E-state index < -0.39 is 0 Å². The third-order valence-electron chi connectivity index (χ3n) is 4.91. The number of allylic oxidation sites excluding steroid dienone is 2. The Bertz CT molecular complexity index is 618. The van der Waals surface area contributed by atoms with Gasteiger partial charge in [0.2, 0.25) is 0 Å². The molecule has 0 aromatic heterocycles. The van der Waals surface area contributed by atoms with Crippen LogP contribution in [-0.2, 0) is 4.79 Å². The average Bonchev–Trinajstić information content (AvgIpc) is 2.59. The minimum atomic E-state index is -0.0678. The quantitative estimate of drug-likeness (QED) is 0.665. The van der Waals surface area contributed by atoms with E-state index in [1.807, 2.05) is 50.3 Å². The normalized spacial score (nSPS) is 15.3. The summed E-state index contributed by atoms with van der Waals surface area (Å²) in [5.41, 5.74) is 1.01. The molecule has 0 fully saturated rings. The zero-order valence-corrected chi connectivity index (χ0v) is 16.8. The minimum Gasteiger partial charge on any atom is -0.298 e. The highest BCUT2D eigenvalue weighted by molar-refractivity contribution is 5.86. The summed E-state index contributed by atoms with van der Waals surface area (Å²) in [4.78, 5) is 15.0. The Hall–Kier alpha value is -1.85. The molecule has 0 heterocycles. The zero-order valence-electron chi connectivity index (χ0n) is 16.8. The van der Waals surface area contributed by atoms with E-state index in [0.717, 1.165) is 5.56 Å². The summed E-state index contributed by atoms with van der Waals surface area (Å²) >= 11 is 0. The van der Waals surface area contributed by atoms with Crippen molar-refractivity contribution in [2.24, 2.45) is 17.8 Å². The van der Waals surface area contributed by atoms with Crippen LogP contribution in [0, 0.1) is 29.6 Å². The molecule has 0 aliphatic rings. The largest absolute Gasteiger partial charge is 0.298 e. The fourth-order valence-corrected chi connectivity index (χ4v) is 2.80. The van der Waals surface area contributed by atoms with Gasteiger partial charge in [0, 0.05) is 17.5 Å². The van der Waals surface area contributed by atoms with E-state index in [2.05, 4.69) is 57.6 Å². The molecule has 0 aliphatic carbocycles. The van der Waals surface area contributed by atoms with Crippen LogP contribution in [0.1, 0.15) is 47.1 Å². The number of benzene rings is 1. The van der Waals surface area contributed by atoms with Gasteiger partial charge in [-0.1, -0.05) is 63.8 Å². The first-order valence-corrected chi connectivity index (χ1v) is 9.24. The Morgan fingerprint density at radius 1 is 1.04 bits per heavy atom. The summed E-state index contributed by atoms with van der Waals surface area (Å²) < 4.78 is 0. The van der Waals surface area contributed by atoms with Crippen molar-refractivity contribution < 1.29 is 4.79 Å². The highest BCUT2D eigenvalue weighted by Gasteiger charge is 2.33. The first kappa shape index (κ1) is 21.2. The standard InChI is InChI=1S/C23H33NO/c1-17(2)23(25)22(24(7)18(3)4)20(6)19(5)13-11-12-16-21-14-9-8-10-15-21/h8-11,13-15,17-20,22H,1-7H3/b13-11+/t19-,20-,22+/m1/s1. The SMILES string of the molecule is CC(C)C(=O)[C@H]([C@H](C)[C@H](C)/C=C/C#Cc1ccccc1)N(C)C(C)C. The third-order valence-corrected chi connectivity index (χ3v) is 4.91. The van der Waals surface area contributed by atoms with E-state index >= 15 is 0 Å². The lowest BCUT2D eigenvalue weighted by Gasteiger charge is -2.37. The first-order chi connectivity index (χ1) is 11.8. The van der Waals surface area contributed by atoms with Gasteiger partial charge in [-0.25, -0.2) is 0 Å².